The van der Waals surface area contributed by atoms with E-state index in [-0.39, 0.29) is 18.9 Å². The minimum Gasteiger partial charge on any atom is -0.394 e. The molecule has 10 nitrogen and oxygen atoms in total. The lowest BCUT2D eigenvalue weighted by molar-refractivity contribution is -0.205. The van der Waals surface area contributed by atoms with E-state index < -0.39 is 36.5 Å². The first-order valence-corrected chi connectivity index (χ1v) is 8.72. The molecule has 1 aromatic carbocycles. The van der Waals surface area contributed by atoms with Gasteiger partial charge < -0.3 is 30.5 Å². The number of anilines is 1. The van der Waals surface area contributed by atoms with Crippen LogP contribution in [0.25, 0.3) is 10.4 Å². The summed E-state index contributed by atoms with van der Waals surface area (Å²) in [5.74, 6) is -0.285. The number of thioether (sulfide) groups is 1. The van der Waals surface area contributed by atoms with Crippen molar-refractivity contribution in [1.82, 2.24) is 0 Å². The van der Waals surface area contributed by atoms with Gasteiger partial charge in [0.1, 0.15) is 29.9 Å². The number of ether oxygens (including phenoxy) is 1. The maximum absolute atomic E-state index is 11.6. The predicted molar refractivity (Wildman–Crippen MR) is 93.3 cm³/mol. The zero-order chi connectivity index (χ0) is 19.1. The number of aliphatic hydroxyl groups excluding tert-OH is 4. The van der Waals surface area contributed by atoms with E-state index in [1.54, 1.807) is 24.3 Å². The van der Waals surface area contributed by atoms with Gasteiger partial charge in [0.25, 0.3) is 0 Å². The van der Waals surface area contributed by atoms with Crippen molar-refractivity contribution < 1.29 is 30.0 Å². The van der Waals surface area contributed by atoms with Crippen LogP contribution in [-0.4, -0.2) is 69.3 Å². The number of benzene rings is 1. The highest BCUT2D eigenvalue weighted by Gasteiger charge is 2.43. The zero-order valence-corrected chi connectivity index (χ0v) is 14.5. The van der Waals surface area contributed by atoms with Gasteiger partial charge in [0.05, 0.1) is 6.61 Å². The van der Waals surface area contributed by atoms with Crippen LogP contribution >= 0.6 is 11.8 Å². The summed E-state index contributed by atoms with van der Waals surface area (Å²) in [6, 6.07) is 6.68. The molecule has 1 amide bonds. The lowest BCUT2D eigenvalue weighted by Crippen LogP contribution is -2.57. The van der Waals surface area contributed by atoms with Gasteiger partial charge in [-0.1, -0.05) is 16.9 Å². The molecular weight excluding hydrogens is 364 g/mol. The molecule has 1 aromatic rings. The average molecular weight is 384 g/mol. The van der Waals surface area contributed by atoms with Gasteiger partial charge in [0.15, 0.2) is 0 Å². The molecular formula is C15H20N4O6S. The van der Waals surface area contributed by atoms with E-state index in [1.165, 1.54) is 0 Å². The summed E-state index contributed by atoms with van der Waals surface area (Å²) >= 11 is 1.12. The molecule has 0 aliphatic carbocycles. The third-order valence-corrected chi connectivity index (χ3v) is 4.91. The summed E-state index contributed by atoms with van der Waals surface area (Å²) < 4.78 is 5.43. The molecule has 1 aliphatic heterocycles. The van der Waals surface area contributed by atoms with E-state index in [0.29, 0.717) is 10.6 Å². The number of rotatable bonds is 7. The van der Waals surface area contributed by atoms with Gasteiger partial charge in [-0.15, -0.1) is 0 Å². The highest BCUT2D eigenvalue weighted by Crippen LogP contribution is 2.33. The van der Waals surface area contributed by atoms with Crippen LogP contribution in [0.2, 0.25) is 0 Å². The average Bonchev–Trinajstić information content (AvgIpc) is 2.64. The van der Waals surface area contributed by atoms with Gasteiger partial charge in [0.2, 0.25) is 5.91 Å². The Morgan fingerprint density at radius 3 is 2.54 bits per heavy atom. The topological polar surface area (TPSA) is 168 Å². The molecule has 11 heteroatoms. The molecule has 1 fully saturated rings. The fraction of sp³-hybridized carbons (Fsp3) is 0.533. The fourth-order valence-corrected chi connectivity index (χ4v) is 3.40. The van der Waals surface area contributed by atoms with Crippen LogP contribution in [0, 0.1) is 0 Å². The number of azide groups is 1. The van der Waals surface area contributed by atoms with Gasteiger partial charge in [-0.2, -0.15) is 0 Å². The summed E-state index contributed by atoms with van der Waals surface area (Å²) in [5, 5.41) is 44.7. The molecule has 0 radical (unpaired) electrons. The third-order valence-electron chi connectivity index (χ3n) is 3.74. The quantitative estimate of drug-likeness (QED) is 0.254. The van der Waals surface area contributed by atoms with Crippen molar-refractivity contribution in [1.29, 1.82) is 0 Å². The normalized spacial score (nSPS) is 28.2. The molecule has 0 unspecified atom stereocenters. The van der Waals surface area contributed by atoms with Crippen molar-refractivity contribution in [3.8, 4) is 0 Å². The first kappa shape index (κ1) is 20.5. The lowest BCUT2D eigenvalue weighted by atomic mass is 10.0. The molecule has 0 aromatic heterocycles. The van der Waals surface area contributed by atoms with Crippen LogP contribution in [0.1, 0.15) is 6.42 Å². The second-order valence-electron chi connectivity index (χ2n) is 5.59. The Morgan fingerprint density at radius 2 is 1.92 bits per heavy atom. The van der Waals surface area contributed by atoms with E-state index in [9.17, 15) is 25.2 Å². The molecule has 0 bridgehead atoms. The van der Waals surface area contributed by atoms with Gasteiger partial charge in [0, 0.05) is 28.5 Å². The number of aliphatic hydroxyl groups is 4. The van der Waals surface area contributed by atoms with Crippen LogP contribution < -0.4 is 5.32 Å². The summed E-state index contributed by atoms with van der Waals surface area (Å²) in [6.07, 6.45) is -5.02. The van der Waals surface area contributed by atoms with Gasteiger partial charge in [-0.25, -0.2) is 0 Å². The van der Waals surface area contributed by atoms with Crippen LogP contribution in [0.5, 0.6) is 0 Å². The third kappa shape index (κ3) is 5.32. The molecule has 1 aliphatic rings. The van der Waals surface area contributed by atoms with E-state index in [2.05, 4.69) is 15.3 Å². The Bertz CT molecular complexity index is 652. The Hall–Kier alpha value is -1.85. The molecule has 26 heavy (non-hydrogen) atoms. The molecule has 5 N–H and O–H groups in total. The van der Waals surface area contributed by atoms with Crippen LogP contribution in [0.3, 0.4) is 0 Å². The van der Waals surface area contributed by atoms with Crippen LogP contribution in [-0.2, 0) is 9.53 Å². The Kier molecular flexibility index (Phi) is 7.66. The summed E-state index contributed by atoms with van der Waals surface area (Å²) in [7, 11) is 0. The zero-order valence-electron chi connectivity index (χ0n) is 13.7. The van der Waals surface area contributed by atoms with Crippen molar-refractivity contribution >= 4 is 23.4 Å². The van der Waals surface area contributed by atoms with Gasteiger partial charge in [-0.3, -0.25) is 4.79 Å². The van der Waals surface area contributed by atoms with Crippen LogP contribution in [0.4, 0.5) is 5.69 Å². The van der Waals surface area contributed by atoms with Gasteiger partial charge in [-0.05, 0) is 29.8 Å². The lowest BCUT2D eigenvalue weighted by Gasteiger charge is -2.39. The first-order chi connectivity index (χ1) is 12.5. The highest BCUT2D eigenvalue weighted by molar-refractivity contribution is 7.99. The summed E-state index contributed by atoms with van der Waals surface area (Å²) in [5.41, 5.74) is 7.85. The molecule has 2 rings (SSSR count). The van der Waals surface area contributed by atoms with E-state index >= 15 is 0 Å². The van der Waals surface area contributed by atoms with E-state index in [1.807, 2.05) is 0 Å². The van der Waals surface area contributed by atoms with Crippen molar-refractivity contribution in [2.45, 2.75) is 41.2 Å². The Labute approximate surface area is 153 Å². The van der Waals surface area contributed by atoms with Crippen molar-refractivity contribution in [2.75, 3.05) is 18.5 Å². The minimum atomic E-state index is -1.42. The standard InChI is InChI=1S/C15H20N4O6S/c16-19-17-6-5-11(21)18-8-1-3-9(4-2-8)26-15-14(24)13(23)12(22)10(7-20)25-15/h1-4,10,12-15,20,22-24H,5-7H2,(H,18,21)/t10-,12+,13+,14-,15+/m1/s1. The largest absolute Gasteiger partial charge is 0.394 e. The molecule has 5 atom stereocenters. The number of nitrogens with one attached hydrogen (secondary N) is 1. The number of hydrogen-bond donors (Lipinski definition) is 5. The van der Waals surface area contributed by atoms with Crippen LogP contribution in [0.15, 0.2) is 34.3 Å². The summed E-state index contributed by atoms with van der Waals surface area (Å²) in [6.45, 7) is -0.407. The monoisotopic (exact) mass is 384 g/mol. The van der Waals surface area contributed by atoms with Crippen molar-refractivity contribution in [3.05, 3.63) is 34.7 Å². The Balaban J connectivity index is 1.94. The number of carbonyl (C=O) groups is 1. The fourth-order valence-electron chi connectivity index (χ4n) is 2.34. The Morgan fingerprint density at radius 1 is 1.23 bits per heavy atom. The number of nitrogens with zero attached hydrogens (tertiary/aromatic N) is 3. The second kappa shape index (κ2) is 9.74. The predicted octanol–water partition coefficient (Wildman–Crippen LogP) is 0.217. The molecule has 0 spiro atoms. The molecule has 1 heterocycles. The number of hydrogen-bond acceptors (Lipinski definition) is 8. The first-order valence-electron chi connectivity index (χ1n) is 7.84. The minimum absolute atomic E-state index is 0.0748. The smallest absolute Gasteiger partial charge is 0.224 e. The SMILES string of the molecule is [N-]=[N+]=NCCC(=O)Nc1ccc(S[C@@H]2O[C@H](CO)[C@H](O)[C@H](O)[C@H]2O)cc1. The number of amides is 1. The van der Waals surface area contributed by atoms with Crippen molar-refractivity contribution in [2.24, 2.45) is 5.11 Å². The highest BCUT2D eigenvalue weighted by atomic mass is 32.2. The molecule has 0 saturated carbocycles. The van der Waals surface area contributed by atoms with Crippen molar-refractivity contribution in [3.63, 3.8) is 0 Å². The van der Waals surface area contributed by atoms with Gasteiger partial charge >= 0.3 is 0 Å². The maximum atomic E-state index is 11.6. The number of carbonyl (C=O) groups excluding carboxylic acids is 1. The molecule has 142 valence electrons. The van der Waals surface area contributed by atoms with E-state index in [4.69, 9.17) is 10.3 Å². The molecule has 1 saturated heterocycles. The maximum Gasteiger partial charge on any atom is 0.224 e. The second-order valence-corrected chi connectivity index (χ2v) is 6.76. The van der Waals surface area contributed by atoms with E-state index in [0.717, 1.165) is 11.8 Å². The summed E-state index contributed by atoms with van der Waals surface area (Å²) in [4.78, 5) is 14.9.